The zero-order chi connectivity index (χ0) is 21.4. The van der Waals surface area contributed by atoms with Gasteiger partial charge < -0.3 is 15.4 Å². The average Bonchev–Trinajstić information content (AvgIpc) is 3.14. The molecule has 2 rings (SSSR count). The van der Waals surface area contributed by atoms with Crippen LogP contribution in [0, 0.1) is 17.2 Å². The smallest absolute Gasteiger partial charge is 0.329 e. The van der Waals surface area contributed by atoms with Crippen LogP contribution in [0.5, 0.6) is 0 Å². The van der Waals surface area contributed by atoms with Crippen LogP contribution in [-0.4, -0.2) is 36.0 Å². The molecule has 156 valence electrons. The van der Waals surface area contributed by atoms with Gasteiger partial charge in [-0.25, -0.2) is 4.79 Å². The molecule has 0 spiro atoms. The highest BCUT2D eigenvalue weighted by Crippen LogP contribution is 2.28. The van der Waals surface area contributed by atoms with Crippen molar-refractivity contribution in [1.82, 2.24) is 10.6 Å². The van der Waals surface area contributed by atoms with Gasteiger partial charge >= 0.3 is 5.97 Å². The number of esters is 1. The molecule has 1 aliphatic carbocycles. The first-order valence-electron chi connectivity index (χ1n) is 9.70. The van der Waals surface area contributed by atoms with Crippen molar-refractivity contribution in [3.8, 4) is 6.07 Å². The Bertz CT molecular complexity index is 780. The van der Waals surface area contributed by atoms with E-state index in [0.29, 0.717) is 29.8 Å². The molecule has 0 unspecified atom stereocenters. The van der Waals surface area contributed by atoms with Gasteiger partial charge in [0.05, 0.1) is 6.07 Å². The topological polar surface area (TPSA) is 108 Å². The summed E-state index contributed by atoms with van der Waals surface area (Å²) in [5.74, 6) is -1.52. The lowest BCUT2D eigenvalue weighted by atomic mass is 10.00. The lowest BCUT2D eigenvalue weighted by Gasteiger charge is -2.23. The van der Waals surface area contributed by atoms with Crippen molar-refractivity contribution in [3.63, 3.8) is 0 Å². The third-order valence-electron chi connectivity index (χ3n) is 4.80. The van der Waals surface area contributed by atoms with Crippen LogP contribution >= 0.6 is 11.6 Å². The van der Waals surface area contributed by atoms with E-state index in [-0.39, 0.29) is 5.92 Å². The molecule has 8 heteroatoms. The second-order valence-electron chi connectivity index (χ2n) is 7.72. The molecule has 0 heterocycles. The maximum atomic E-state index is 12.5. The molecule has 0 radical (unpaired) electrons. The summed E-state index contributed by atoms with van der Waals surface area (Å²) in [5.41, 5.74) is -0.505. The van der Waals surface area contributed by atoms with Crippen LogP contribution < -0.4 is 10.6 Å². The molecule has 2 amide bonds. The molecule has 0 saturated heterocycles. The summed E-state index contributed by atoms with van der Waals surface area (Å²) in [6.07, 6.45) is 3.30. The van der Waals surface area contributed by atoms with Crippen molar-refractivity contribution in [2.75, 3.05) is 6.61 Å². The monoisotopic (exact) mass is 419 g/mol. The van der Waals surface area contributed by atoms with Crippen molar-refractivity contribution >= 4 is 29.4 Å². The Morgan fingerprint density at radius 3 is 2.38 bits per heavy atom. The SMILES string of the molecule is CC(C)C[C@@H](NC(=O)c1ccc(Cl)cc1)C(=O)OCC(=O)NC1(C#N)CCCC1. The molecule has 0 aromatic heterocycles. The summed E-state index contributed by atoms with van der Waals surface area (Å²) >= 11 is 5.83. The van der Waals surface area contributed by atoms with Crippen molar-refractivity contribution in [2.24, 2.45) is 5.92 Å². The number of ether oxygens (including phenoxy) is 1. The number of carbonyl (C=O) groups excluding carboxylic acids is 3. The van der Waals surface area contributed by atoms with Gasteiger partial charge in [0.25, 0.3) is 11.8 Å². The highest BCUT2D eigenvalue weighted by molar-refractivity contribution is 6.30. The fourth-order valence-electron chi connectivity index (χ4n) is 3.31. The quantitative estimate of drug-likeness (QED) is 0.629. The van der Waals surface area contributed by atoms with E-state index in [1.54, 1.807) is 24.3 Å². The average molecular weight is 420 g/mol. The zero-order valence-electron chi connectivity index (χ0n) is 16.7. The number of halogens is 1. The van der Waals surface area contributed by atoms with Crippen molar-refractivity contribution in [2.45, 2.75) is 57.5 Å². The maximum absolute atomic E-state index is 12.5. The van der Waals surface area contributed by atoms with Crippen LogP contribution in [0.25, 0.3) is 0 Å². The van der Waals surface area contributed by atoms with Crippen LogP contribution in [0.4, 0.5) is 0 Å². The van der Waals surface area contributed by atoms with E-state index in [1.807, 2.05) is 13.8 Å². The molecule has 2 N–H and O–H groups in total. The maximum Gasteiger partial charge on any atom is 0.329 e. The van der Waals surface area contributed by atoms with Gasteiger partial charge in [0, 0.05) is 10.6 Å². The predicted molar refractivity (Wildman–Crippen MR) is 108 cm³/mol. The number of nitriles is 1. The van der Waals surface area contributed by atoms with Gasteiger partial charge in [0.15, 0.2) is 6.61 Å². The first-order chi connectivity index (χ1) is 13.7. The standard InChI is InChI=1S/C21H26ClN3O4/c1-14(2)11-17(24-19(27)15-5-7-16(22)8-6-15)20(28)29-12-18(26)25-21(13-23)9-3-4-10-21/h5-8,14,17H,3-4,9-12H2,1-2H3,(H,24,27)(H,25,26)/t17-/m1/s1. The Hall–Kier alpha value is -2.59. The number of benzene rings is 1. The fraction of sp³-hybridized carbons (Fsp3) is 0.524. The van der Waals surface area contributed by atoms with Gasteiger partial charge in [-0.3, -0.25) is 9.59 Å². The van der Waals surface area contributed by atoms with Gasteiger partial charge in [0.2, 0.25) is 0 Å². The minimum Gasteiger partial charge on any atom is -0.454 e. The molecule has 7 nitrogen and oxygen atoms in total. The fourth-order valence-corrected chi connectivity index (χ4v) is 3.44. The second-order valence-corrected chi connectivity index (χ2v) is 8.16. The van der Waals surface area contributed by atoms with Crippen LogP contribution in [0.2, 0.25) is 5.02 Å². The Kier molecular flexibility index (Phi) is 8.03. The number of hydrogen-bond donors (Lipinski definition) is 2. The van der Waals surface area contributed by atoms with Gasteiger partial charge in [-0.05, 0) is 62.3 Å². The number of nitrogens with zero attached hydrogens (tertiary/aromatic N) is 1. The Morgan fingerprint density at radius 2 is 1.83 bits per heavy atom. The molecule has 0 aliphatic heterocycles. The highest BCUT2D eigenvalue weighted by atomic mass is 35.5. The van der Waals surface area contributed by atoms with Crippen molar-refractivity contribution in [1.29, 1.82) is 5.26 Å². The Balaban J connectivity index is 1.94. The molecule has 1 aromatic rings. The summed E-state index contributed by atoms with van der Waals surface area (Å²) in [5, 5.41) is 15.2. The van der Waals surface area contributed by atoms with Crippen LogP contribution in [0.3, 0.4) is 0 Å². The van der Waals surface area contributed by atoms with Crippen molar-refractivity contribution < 1.29 is 19.1 Å². The minimum absolute atomic E-state index is 0.118. The van der Waals surface area contributed by atoms with E-state index in [2.05, 4.69) is 16.7 Å². The number of nitrogens with one attached hydrogen (secondary N) is 2. The predicted octanol–water partition coefficient (Wildman–Crippen LogP) is 2.98. The molecular weight excluding hydrogens is 394 g/mol. The van der Waals surface area contributed by atoms with E-state index in [4.69, 9.17) is 16.3 Å². The molecule has 1 aromatic carbocycles. The molecule has 1 aliphatic rings. The van der Waals surface area contributed by atoms with E-state index in [0.717, 1.165) is 12.8 Å². The number of amides is 2. The van der Waals surface area contributed by atoms with E-state index in [9.17, 15) is 19.6 Å². The first kappa shape index (κ1) is 22.7. The summed E-state index contributed by atoms with van der Waals surface area (Å²) in [6, 6.07) is 7.57. The van der Waals surface area contributed by atoms with Gasteiger partial charge in [-0.15, -0.1) is 0 Å². The van der Waals surface area contributed by atoms with Crippen LogP contribution in [0.1, 0.15) is 56.3 Å². The lowest BCUT2D eigenvalue weighted by Crippen LogP contribution is -2.48. The number of rotatable bonds is 8. The largest absolute Gasteiger partial charge is 0.454 e. The summed E-state index contributed by atoms with van der Waals surface area (Å²) in [4.78, 5) is 37.1. The summed E-state index contributed by atoms with van der Waals surface area (Å²) in [6.45, 7) is 3.34. The Labute approximate surface area is 175 Å². The summed E-state index contributed by atoms with van der Waals surface area (Å²) < 4.78 is 5.13. The van der Waals surface area contributed by atoms with Gasteiger partial charge in [-0.2, -0.15) is 5.26 Å². The molecule has 1 saturated carbocycles. The van der Waals surface area contributed by atoms with Crippen LogP contribution in [-0.2, 0) is 14.3 Å². The second kappa shape index (κ2) is 10.3. The van der Waals surface area contributed by atoms with E-state index >= 15 is 0 Å². The first-order valence-corrected chi connectivity index (χ1v) is 10.1. The normalized spacial score (nSPS) is 16.0. The molecule has 29 heavy (non-hydrogen) atoms. The summed E-state index contributed by atoms with van der Waals surface area (Å²) in [7, 11) is 0. The molecule has 1 atom stereocenters. The molecular formula is C21H26ClN3O4. The number of hydrogen-bond acceptors (Lipinski definition) is 5. The van der Waals surface area contributed by atoms with Gasteiger partial charge in [-0.1, -0.05) is 25.4 Å². The van der Waals surface area contributed by atoms with Crippen molar-refractivity contribution in [3.05, 3.63) is 34.9 Å². The van der Waals surface area contributed by atoms with E-state index in [1.165, 1.54) is 0 Å². The Morgan fingerprint density at radius 1 is 1.21 bits per heavy atom. The zero-order valence-corrected chi connectivity index (χ0v) is 17.4. The third-order valence-corrected chi connectivity index (χ3v) is 5.05. The molecule has 0 bridgehead atoms. The van der Waals surface area contributed by atoms with Crippen LogP contribution in [0.15, 0.2) is 24.3 Å². The van der Waals surface area contributed by atoms with Gasteiger partial charge in [0.1, 0.15) is 11.6 Å². The third kappa shape index (κ3) is 6.75. The molecule has 1 fully saturated rings. The van der Waals surface area contributed by atoms with E-state index < -0.39 is 36.0 Å². The highest BCUT2D eigenvalue weighted by Gasteiger charge is 2.35. The minimum atomic E-state index is -0.887. The lowest BCUT2D eigenvalue weighted by molar-refractivity contribution is -0.151. The number of carbonyl (C=O) groups is 3.